The lowest BCUT2D eigenvalue weighted by Gasteiger charge is -2.23. The number of nitrogens with zero attached hydrogens (tertiary/aromatic N) is 1. The highest BCUT2D eigenvalue weighted by Gasteiger charge is 2.34. The summed E-state index contributed by atoms with van der Waals surface area (Å²) in [6, 6.07) is 3.80. The zero-order chi connectivity index (χ0) is 22.3. The van der Waals surface area contributed by atoms with Crippen LogP contribution in [0.4, 0.5) is 8.78 Å². The number of carbonyl (C=O) groups excluding carboxylic acids is 1. The summed E-state index contributed by atoms with van der Waals surface area (Å²) in [6.07, 6.45) is 0.920. The maximum atomic E-state index is 13.9. The first-order chi connectivity index (χ1) is 14.3. The Labute approximate surface area is 176 Å². The van der Waals surface area contributed by atoms with Gasteiger partial charge in [-0.05, 0) is 30.4 Å². The molecular formula is C21H33F2N5O2. The summed E-state index contributed by atoms with van der Waals surface area (Å²) in [5, 5.41) is 22.9. The van der Waals surface area contributed by atoms with Crippen LogP contribution in [-0.4, -0.2) is 54.2 Å². The minimum absolute atomic E-state index is 0.0208. The van der Waals surface area contributed by atoms with E-state index in [0.29, 0.717) is 19.5 Å². The summed E-state index contributed by atoms with van der Waals surface area (Å²) in [5.41, 5.74) is 6.05. The number of halogens is 2. The van der Waals surface area contributed by atoms with Gasteiger partial charge in [0, 0.05) is 37.7 Å². The minimum atomic E-state index is -0.580. The Balaban J connectivity index is 1.84. The Hall–Kier alpha value is -1.94. The number of amides is 1. The number of rotatable bonds is 10. The number of aliphatic hydroxyl groups is 1. The quantitative estimate of drug-likeness (QED) is 0.221. The Morgan fingerprint density at radius 3 is 2.63 bits per heavy atom. The Morgan fingerprint density at radius 1 is 1.37 bits per heavy atom. The van der Waals surface area contributed by atoms with Gasteiger partial charge in [0.25, 0.3) is 0 Å². The lowest BCUT2D eigenvalue weighted by Crippen LogP contribution is -2.49. The predicted octanol–water partition coefficient (Wildman–Crippen LogP) is 1.41. The molecule has 0 spiro atoms. The largest absolute Gasteiger partial charge is 0.396 e. The number of nitrogens with two attached hydrogens (primary N) is 1. The van der Waals surface area contributed by atoms with Gasteiger partial charge in [-0.25, -0.2) is 8.78 Å². The van der Waals surface area contributed by atoms with Crippen molar-refractivity contribution in [2.75, 3.05) is 26.2 Å². The number of likely N-dealkylation sites (tertiary alicyclic amines) is 1. The van der Waals surface area contributed by atoms with Crippen molar-refractivity contribution in [1.82, 2.24) is 15.5 Å². The molecule has 0 aromatic heterocycles. The highest BCUT2D eigenvalue weighted by atomic mass is 19.1. The van der Waals surface area contributed by atoms with Crippen LogP contribution >= 0.6 is 0 Å². The van der Waals surface area contributed by atoms with Crippen LogP contribution in [0.2, 0.25) is 0 Å². The summed E-state index contributed by atoms with van der Waals surface area (Å²) >= 11 is 0. The maximum absolute atomic E-state index is 13.9. The zero-order valence-electron chi connectivity index (χ0n) is 17.6. The molecule has 1 heterocycles. The molecule has 1 amide bonds. The number of nitrogens with one attached hydrogen (secondary N) is 3. The van der Waals surface area contributed by atoms with Gasteiger partial charge in [0.1, 0.15) is 17.5 Å². The molecule has 6 N–H and O–H groups in total. The van der Waals surface area contributed by atoms with E-state index in [1.807, 2.05) is 18.7 Å². The van der Waals surface area contributed by atoms with Crippen LogP contribution in [0.25, 0.3) is 0 Å². The molecule has 168 valence electrons. The standard InChI is InChI=1S/C21H33F2N5O2/c1-3-14(7-8-29)20(24)26-9-19(30)27-21(25)15-11-28(10-13(15)2)12-16-17(22)5-4-6-18(16)23/h4-6,13-15,20,26,29H,3,7-12,24H2,1-2H3,(H2,25,27,30). The van der Waals surface area contributed by atoms with Gasteiger partial charge in [-0.15, -0.1) is 0 Å². The van der Waals surface area contributed by atoms with E-state index in [1.54, 1.807) is 0 Å². The molecule has 2 rings (SSSR count). The van der Waals surface area contributed by atoms with Gasteiger partial charge in [0.15, 0.2) is 0 Å². The van der Waals surface area contributed by atoms with Crippen molar-refractivity contribution in [2.24, 2.45) is 23.5 Å². The normalized spacial score (nSPS) is 21.4. The highest BCUT2D eigenvalue weighted by Crippen LogP contribution is 2.26. The van der Waals surface area contributed by atoms with E-state index in [4.69, 9.17) is 16.2 Å². The monoisotopic (exact) mass is 425 g/mol. The lowest BCUT2D eigenvalue weighted by atomic mass is 9.97. The van der Waals surface area contributed by atoms with Crippen LogP contribution in [0.3, 0.4) is 0 Å². The van der Waals surface area contributed by atoms with Crippen LogP contribution in [0.5, 0.6) is 0 Å². The predicted molar refractivity (Wildman–Crippen MR) is 112 cm³/mol. The van der Waals surface area contributed by atoms with Crippen molar-refractivity contribution in [2.45, 2.75) is 39.4 Å². The summed E-state index contributed by atoms with van der Waals surface area (Å²) in [7, 11) is 0. The first-order valence-corrected chi connectivity index (χ1v) is 10.4. The van der Waals surface area contributed by atoms with E-state index in [2.05, 4.69) is 10.6 Å². The molecule has 4 atom stereocenters. The van der Waals surface area contributed by atoms with Gasteiger partial charge in [0.05, 0.1) is 12.7 Å². The Kier molecular flexibility index (Phi) is 9.29. The van der Waals surface area contributed by atoms with Crippen LogP contribution in [0, 0.1) is 34.8 Å². The number of hydrogen-bond donors (Lipinski definition) is 5. The lowest BCUT2D eigenvalue weighted by molar-refractivity contribution is -0.119. The summed E-state index contributed by atoms with van der Waals surface area (Å²) in [6.45, 7) is 5.08. The SMILES string of the molecule is CCC(CCO)C(N)NCC(=O)NC(=N)C1CN(Cc2c(F)cccc2F)CC1C. The van der Waals surface area contributed by atoms with E-state index < -0.39 is 17.8 Å². The number of benzene rings is 1. The summed E-state index contributed by atoms with van der Waals surface area (Å²) < 4.78 is 27.8. The summed E-state index contributed by atoms with van der Waals surface area (Å²) in [4.78, 5) is 14.1. The fourth-order valence-electron chi connectivity index (χ4n) is 3.95. The molecule has 0 saturated carbocycles. The van der Waals surface area contributed by atoms with E-state index in [9.17, 15) is 13.6 Å². The van der Waals surface area contributed by atoms with Crippen molar-refractivity contribution in [1.29, 1.82) is 5.41 Å². The molecule has 1 aliphatic heterocycles. The van der Waals surface area contributed by atoms with Crippen molar-refractivity contribution in [3.8, 4) is 0 Å². The van der Waals surface area contributed by atoms with Crippen molar-refractivity contribution < 1.29 is 18.7 Å². The Bertz CT molecular complexity index is 713. The van der Waals surface area contributed by atoms with Crippen molar-refractivity contribution in [3.63, 3.8) is 0 Å². The molecule has 0 aliphatic carbocycles. The molecule has 1 aliphatic rings. The zero-order valence-corrected chi connectivity index (χ0v) is 17.6. The van der Waals surface area contributed by atoms with Crippen molar-refractivity contribution in [3.05, 3.63) is 35.4 Å². The molecule has 7 nitrogen and oxygen atoms in total. The van der Waals surface area contributed by atoms with Gasteiger partial charge < -0.3 is 16.2 Å². The van der Waals surface area contributed by atoms with E-state index in [1.165, 1.54) is 18.2 Å². The fraction of sp³-hybridized carbons (Fsp3) is 0.619. The third-order valence-corrected chi connectivity index (χ3v) is 5.81. The smallest absolute Gasteiger partial charge is 0.239 e. The van der Waals surface area contributed by atoms with Gasteiger partial charge in [0.2, 0.25) is 5.91 Å². The van der Waals surface area contributed by atoms with Crippen molar-refractivity contribution >= 4 is 11.7 Å². The molecule has 0 bridgehead atoms. The van der Waals surface area contributed by atoms with E-state index in [0.717, 1.165) is 6.42 Å². The third-order valence-electron chi connectivity index (χ3n) is 5.81. The van der Waals surface area contributed by atoms with Gasteiger partial charge in [-0.3, -0.25) is 20.4 Å². The van der Waals surface area contributed by atoms with Crippen LogP contribution in [0.1, 0.15) is 32.3 Å². The molecule has 1 aromatic carbocycles. The third kappa shape index (κ3) is 6.53. The highest BCUT2D eigenvalue weighted by molar-refractivity contribution is 5.98. The Morgan fingerprint density at radius 2 is 2.03 bits per heavy atom. The minimum Gasteiger partial charge on any atom is -0.396 e. The average molecular weight is 426 g/mol. The molecule has 9 heteroatoms. The first kappa shape index (κ1) is 24.3. The number of hydrogen-bond acceptors (Lipinski definition) is 6. The fourth-order valence-corrected chi connectivity index (χ4v) is 3.95. The number of amidine groups is 1. The molecular weight excluding hydrogens is 392 g/mol. The molecule has 0 radical (unpaired) electrons. The van der Waals surface area contributed by atoms with Gasteiger partial charge >= 0.3 is 0 Å². The molecule has 4 unspecified atom stereocenters. The number of aliphatic hydroxyl groups excluding tert-OH is 1. The topological polar surface area (TPSA) is 114 Å². The number of carbonyl (C=O) groups is 1. The van der Waals surface area contributed by atoms with Gasteiger partial charge in [-0.1, -0.05) is 26.3 Å². The maximum Gasteiger partial charge on any atom is 0.239 e. The second kappa shape index (κ2) is 11.5. The van der Waals surface area contributed by atoms with E-state index in [-0.39, 0.29) is 54.8 Å². The average Bonchev–Trinajstić information content (AvgIpc) is 3.07. The van der Waals surface area contributed by atoms with Crippen LogP contribution in [-0.2, 0) is 11.3 Å². The second-order valence-electron chi connectivity index (χ2n) is 8.03. The van der Waals surface area contributed by atoms with Gasteiger partial charge in [-0.2, -0.15) is 0 Å². The molecule has 1 aromatic rings. The molecule has 1 saturated heterocycles. The van der Waals surface area contributed by atoms with Crippen LogP contribution < -0.4 is 16.4 Å². The van der Waals surface area contributed by atoms with Crippen LogP contribution in [0.15, 0.2) is 18.2 Å². The van der Waals surface area contributed by atoms with E-state index >= 15 is 0 Å². The second-order valence-corrected chi connectivity index (χ2v) is 8.03. The first-order valence-electron chi connectivity index (χ1n) is 10.4. The molecule has 30 heavy (non-hydrogen) atoms. The summed E-state index contributed by atoms with van der Waals surface area (Å²) in [5.74, 6) is -1.52. The molecule has 1 fully saturated rings.